The summed E-state index contributed by atoms with van der Waals surface area (Å²) in [5.74, 6) is -0.484. The van der Waals surface area contributed by atoms with E-state index in [1.807, 2.05) is 65.6 Å². The maximum Gasteiger partial charge on any atom is 0.270 e. The minimum absolute atomic E-state index is 0.00602. The van der Waals surface area contributed by atoms with Crippen LogP contribution in [-0.2, 0) is 29.6 Å². The van der Waals surface area contributed by atoms with Gasteiger partial charge in [-0.25, -0.2) is 5.48 Å². The lowest BCUT2D eigenvalue weighted by Gasteiger charge is -2.34. The van der Waals surface area contributed by atoms with Crippen molar-refractivity contribution in [2.24, 2.45) is 11.5 Å². The molecule has 0 saturated heterocycles. The fourth-order valence-electron chi connectivity index (χ4n) is 7.58. The zero-order valence-electron chi connectivity index (χ0n) is 32.1. The van der Waals surface area contributed by atoms with E-state index in [-0.39, 0.29) is 18.9 Å². The number of nitrogens with zero attached hydrogens (tertiary/aromatic N) is 2. The molecular weight excluding hydrogens is 675 g/mol. The third-order valence-electron chi connectivity index (χ3n) is 10.7. The number of unbranched alkanes of at least 4 members (excludes halogenated alkanes) is 8. The molecular formula is C45H63N5O4. The SMILES string of the molecule is NCCCCCCCN(CCCCCCCN)C(=O)c1cc(CCC(=O)NO)c(CCC(CO)(c2ccccc2)c2ccccc2)n1Cc1ccccc1. The highest BCUT2D eigenvalue weighted by atomic mass is 16.5. The predicted octanol–water partition coefficient (Wildman–Crippen LogP) is 7.15. The lowest BCUT2D eigenvalue weighted by molar-refractivity contribution is -0.129. The number of nitrogens with one attached hydrogen (secondary N) is 1. The number of aliphatic hydroxyl groups excluding tert-OH is 1. The molecule has 7 N–H and O–H groups in total. The van der Waals surface area contributed by atoms with Crippen LogP contribution in [0.25, 0.3) is 0 Å². The van der Waals surface area contributed by atoms with Gasteiger partial charge in [0.25, 0.3) is 5.91 Å². The number of nitrogens with two attached hydrogens (primary N) is 2. The van der Waals surface area contributed by atoms with E-state index in [0.717, 1.165) is 92.2 Å². The number of carbonyl (C=O) groups is 2. The Kier molecular flexibility index (Phi) is 18.5. The van der Waals surface area contributed by atoms with Crippen molar-refractivity contribution >= 4 is 11.8 Å². The van der Waals surface area contributed by atoms with Crippen LogP contribution in [0.15, 0.2) is 97.1 Å². The second kappa shape index (κ2) is 23.5. The van der Waals surface area contributed by atoms with Gasteiger partial charge in [0.15, 0.2) is 0 Å². The molecule has 4 rings (SSSR count). The first-order valence-corrected chi connectivity index (χ1v) is 20.1. The van der Waals surface area contributed by atoms with E-state index in [9.17, 15) is 19.9 Å². The minimum atomic E-state index is -0.700. The predicted molar refractivity (Wildman–Crippen MR) is 217 cm³/mol. The quantitative estimate of drug-likeness (QED) is 0.0263. The van der Waals surface area contributed by atoms with Gasteiger partial charge < -0.3 is 26.0 Å². The van der Waals surface area contributed by atoms with Crippen LogP contribution in [0.3, 0.4) is 0 Å². The Bertz CT molecular complexity index is 1590. The number of aromatic nitrogens is 1. The van der Waals surface area contributed by atoms with Crippen LogP contribution < -0.4 is 16.9 Å². The molecule has 2 amide bonds. The van der Waals surface area contributed by atoms with Crippen molar-refractivity contribution in [3.63, 3.8) is 0 Å². The van der Waals surface area contributed by atoms with E-state index >= 15 is 0 Å². The van der Waals surface area contributed by atoms with Gasteiger partial charge in [-0.2, -0.15) is 0 Å². The first kappa shape index (κ1) is 42.5. The summed E-state index contributed by atoms with van der Waals surface area (Å²) < 4.78 is 2.15. The van der Waals surface area contributed by atoms with Crippen molar-refractivity contribution in [1.82, 2.24) is 14.9 Å². The monoisotopic (exact) mass is 737 g/mol. The van der Waals surface area contributed by atoms with E-state index in [0.29, 0.717) is 57.7 Å². The molecule has 0 unspecified atom stereocenters. The highest BCUT2D eigenvalue weighted by Gasteiger charge is 2.35. The van der Waals surface area contributed by atoms with Crippen LogP contribution in [0.1, 0.15) is 115 Å². The molecule has 0 atom stereocenters. The molecule has 1 heterocycles. The number of hydrogen-bond donors (Lipinski definition) is 5. The van der Waals surface area contributed by atoms with E-state index in [4.69, 9.17) is 11.5 Å². The molecule has 54 heavy (non-hydrogen) atoms. The first-order chi connectivity index (χ1) is 26.5. The molecule has 0 radical (unpaired) electrons. The van der Waals surface area contributed by atoms with Crippen molar-refractivity contribution in [2.45, 2.75) is 102 Å². The molecule has 0 saturated carbocycles. The van der Waals surface area contributed by atoms with Crippen LogP contribution in [0, 0.1) is 0 Å². The lowest BCUT2D eigenvalue weighted by atomic mass is 9.71. The topological polar surface area (TPSA) is 147 Å². The van der Waals surface area contributed by atoms with Crippen molar-refractivity contribution in [3.8, 4) is 0 Å². The summed E-state index contributed by atoms with van der Waals surface area (Å²) >= 11 is 0. The van der Waals surface area contributed by atoms with Gasteiger partial charge in [-0.05, 0) is 86.4 Å². The first-order valence-electron chi connectivity index (χ1n) is 20.1. The molecule has 0 aliphatic carbocycles. The van der Waals surface area contributed by atoms with Gasteiger partial charge in [-0.1, -0.05) is 130 Å². The summed E-state index contributed by atoms with van der Waals surface area (Å²) in [5, 5.41) is 20.6. The molecule has 0 aliphatic heterocycles. The molecule has 292 valence electrons. The van der Waals surface area contributed by atoms with E-state index in [1.54, 1.807) is 5.48 Å². The standard InChI is InChI=1S/C45H63N5O4/c46-30-16-3-1-5-18-32-49(33-19-6-2-4-17-31-47)44(53)42-34-38(26-27-43(52)48-54)41(50(42)35-37-20-10-7-11-21-37)28-29-45(36-51,39-22-12-8-13-23-39)40-24-14-9-15-25-40/h7-15,20-25,34,51,54H,1-6,16-19,26-33,35-36,46-47H2,(H,48,52). The molecule has 0 spiro atoms. The van der Waals surface area contributed by atoms with Gasteiger partial charge >= 0.3 is 0 Å². The smallest absolute Gasteiger partial charge is 0.270 e. The summed E-state index contributed by atoms with van der Waals surface area (Å²) in [7, 11) is 0. The average molecular weight is 738 g/mol. The fourth-order valence-corrected chi connectivity index (χ4v) is 7.58. The molecule has 0 bridgehead atoms. The third kappa shape index (κ3) is 12.4. The maximum atomic E-state index is 14.9. The number of rotatable bonds is 26. The molecule has 9 heteroatoms. The summed E-state index contributed by atoms with van der Waals surface area (Å²) in [5.41, 5.74) is 18.1. The van der Waals surface area contributed by atoms with E-state index < -0.39 is 11.3 Å². The van der Waals surface area contributed by atoms with Crippen LogP contribution in [0.2, 0.25) is 0 Å². The Morgan fingerprint density at radius 3 is 1.69 bits per heavy atom. The summed E-state index contributed by atoms with van der Waals surface area (Å²) in [4.78, 5) is 29.3. The molecule has 0 aliphatic rings. The third-order valence-corrected chi connectivity index (χ3v) is 10.7. The Labute approximate surface area is 322 Å². The summed E-state index contributed by atoms with van der Waals surface area (Å²) in [6.45, 7) is 3.14. The molecule has 4 aromatic rings. The van der Waals surface area contributed by atoms with E-state index in [1.165, 1.54) is 0 Å². The van der Waals surface area contributed by atoms with Crippen molar-refractivity contribution in [1.29, 1.82) is 0 Å². The normalized spacial score (nSPS) is 11.5. The van der Waals surface area contributed by atoms with Crippen LogP contribution in [0.4, 0.5) is 0 Å². The number of carbonyl (C=O) groups excluding carboxylic acids is 2. The number of amides is 2. The van der Waals surface area contributed by atoms with Gasteiger partial charge in [0.05, 0.1) is 6.61 Å². The molecule has 9 nitrogen and oxygen atoms in total. The van der Waals surface area contributed by atoms with E-state index in [2.05, 4.69) is 41.0 Å². The van der Waals surface area contributed by atoms with Crippen molar-refractivity contribution in [2.75, 3.05) is 32.8 Å². The number of aryl methyl sites for hydroxylation is 1. The highest BCUT2D eigenvalue weighted by Crippen LogP contribution is 2.37. The Morgan fingerprint density at radius 1 is 0.685 bits per heavy atom. The Hall–Kier alpha value is -4.28. The minimum Gasteiger partial charge on any atom is -0.395 e. The van der Waals surface area contributed by atoms with Crippen LogP contribution in [-0.4, -0.2) is 64.4 Å². The van der Waals surface area contributed by atoms with Crippen LogP contribution in [0.5, 0.6) is 0 Å². The molecule has 0 fully saturated rings. The molecule has 1 aromatic heterocycles. The maximum absolute atomic E-state index is 14.9. The second-order valence-corrected chi connectivity index (χ2v) is 14.5. The Morgan fingerprint density at radius 2 is 1.19 bits per heavy atom. The van der Waals surface area contributed by atoms with Crippen molar-refractivity contribution in [3.05, 3.63) is 131 Å². The van der Waals surface area contributed by atoms with Gasteiger partial charge in [0.2, 0.25) is 5.91 Å². The Balaban J connectivity index is 1.76. The van der Waals surface area contributed by atoms with Crippen LogP contribution >= 0.6 is 0 Å². The largest absolute Gasteiger partial charge is 0.395 e. The van der Waals surface area contributed by atoms with Gasteiger partial charge in [0.1, 0.15) is 5.69 Å². The number of hydroxylamine groups is 1. The highest BCUT2D eigenvalue weighted by molar-refractivity contribution is 5.93. The number of hydrogen-bond acceptors (Lipinski definition) is 6. The average Bonchev–Trinajstić information content (AvgIpc) is 3.56. The lowest BCUT2D eigenvalue weighted by Crippen LogP contribution is -2.35. The van der Waals surface area contributed by atoms with Crippen molar-refractivity contribution < 1.29 is 19.9 Å². The number of aliphatic hydroxyl groups is 1. The number of benzene rings is 3. The molecule has 3 aromatic carbocycles. The van der Waals surface area contributed by atoms with Gasteiger partial charge in [0, 0.05) is 37.2 Å². The fraction of sp³-hybridized carbons (Fsp3) is 0.467. The zero-order chi connectivity index (χ0) is 38.4. The second-order valence-electron chi connectivity index (χ2n) is 14.5. The van der Waals surface area contributed by atoms with Gasteiger partial charge in [-0.3, -0.25) is 14.8 Å². The summed E-state index contributed by atoms with van der Waals surface area (Å²) in [6, 6.07) is 32.4. The zero-order valence-corrected chi connectivity index (χ0v) is 32.1. The summed E-state index contributed by atoms with van der Waals surface area (Å²) in [6.07, 6.45) is 11.9. The van der Waals surface area contributed by atoms with Gasteiger partial charge in [-0.15, -0.1) is 0 Å².